The van der Waals surface area contributed by atoms with Gasteiger partial charge in [0.25, 0.3) is 5.91 Å². The number of hydrogen-bond donors (Lipinski definition) is 1. The summed E-state index contributed by atoms with van der Waals surface area (Å²) in [6.45, 7) is 6.89. The molecule has 0 heterocycles. The standard InChI is InChI=1S/C18H26N2O2/c1-18(2,3)14-8-10-15(11-9-14)19-20-17(21)13-6-5-7-16(12-13)22-4/h5-7,12,14H,8-11H2,1-4H3,(H,20,21). The fourth-order valence-corrected chi connectivity index (χ4v) is 2.89. The predicted molar refractivity (Wildman–Crippen MR) is 89.3 cm³/mol. The summed E-state index contributed by atoms with van der Waals surface area (Å²) in [5.74, 6) is 1.22. The number of hydrazone groups is 1. The molecule has 0 bridgehead atoms. The molecule has 1 aromatic carbocycles. The molecule has 1 amide bonds. The summed E-state index contributed by atoms with van der Waals surface area (Å²) >= 11 is 0. The summed E-state index contributed by atoms with van der Waals surface area (Å²) in [7, 11) is 1.59. The van der Waals surface area contributed by atoms with Crippen molar-refractivity contribution in [2.24, 2.45) is 16.4 Å². The molecule has 0 aliphatic heterocycles. The van der Waals surface area contributed by atoms with E-state index in [1.54, 1.807) is 25.3 Å². The normalized spacial score (nSPS) is 18.7. The van der Waals surface area contributed by atoms with E-state index in [-0.39, 0.29) is 5.91 Å². The van der Waals surface area contributed by atoms with Gasteiger partial charge in [-0.25, -0.2) is 5.43 Å². The van der Waals surface area contributed by atoms with Gasteiger partial charge in [-0.1, -0.05) is 26.8 Å². The van der Waals surface area contributed by atoms with Crippen molar-refractivity contribution in [3.8, 4) is 5.75 Å². The number of carbonyl (C=O) groups is 1. The van der Waals surface area contributed by atoms with Crippen molar-refractivity contribution in [2.45, 2.75) is 46.5 Å². The summed E-state index contributed by atoms with van der Waals surface area (Å²) in [5, 5.41) is 4.31. The summed E-state index contributed by atoms with van der Waals surface area (Å²) in [6, 6.07) is 7.09. The van der Waals surface area contributed by atoms with Gasteiger partial charge in [-0.05, 0) is 55.2 Å². The highest BCUT2D eigenvalue weighted by atomic mass is 16.5. The molecule has 0 aromatic heterocycles. The molecule has 4 heteroatoms. The molecule has 1 fully saturated rings. The predicted octanol–water partition coefficient (Wildman–Crippen LogP) is 4.02. The van der Waals surface area contributed by atoms with E-state index in [1.165, 1.54) is 0 Å². The Morgan fingerprint density at radius 2 is 1.95 bits per heavy atom. The second-order valence-electron chi connectivity index (χ2n) is 6.99. The number of hydrogen-bond acceptors (Lipinski definition) is 3. The first kappa shape index (κ1) is 16.5. The average molecular weight is 302 g/mol. The Morgan fingerprint density at radius 3 is 2.55 bits per heavy atom. The molecule has 22 heavy (non-hydrogen) atoms. The van der Waals surface area contributed by atoms with Crippen LogP contribution in [0, 0.1) is 11.3 Å². The molecule has 1 aliphatic rings. The number of nitrogens with one attached hydrogen (secondary N) is 1. The van der Waals surface area contributed by atoms with Crippen molar-refractivity contribution in [3.05, 3.63) is 29.8 Å². The van der Waals surface area contributed by atoms with Crippen molar-refractivity contribution in [1.29, 1.82) is 0 Å². The van der Waals surface area contributed by atoms with E-state index in [4.69, 9.17) is 4.74 Å². The topological polar surface area (TPSA) is 50.7 Å². The molecule has 0 radical (unpaired) electrons. The average Bonchev–Trinajstić information content (AvgIpc) is 2.52. The number of ether oxygens (including phenoxy) is 1. The molecule has 1 saturated carbocycles. The first-order chi connectivity index (χ1) is 10.4. The quantitative estimate of drug-likeness (QED) is 0.857. The van der Waals surface area contributed by atoms with Gasteiger partial charge in [-0.15, -0.1) is 0 Å². The molecule has 2 rings (SSSR count). The third-order valence-corrected chi connectivity index (χ3v) is 4.43. The third kappa shape index (κ3) is 4.33. The van der Waals surface area contributed by atoms with E-state index in [1.807, 2.05) is 6.07 Å². The van der Waals surface area contributed by atoms with Crippen molar-refractivity contribution in [3.63, 3.8) is 0 Å². The number of methoxy groups -OCH3 is 1. The fourth-order valence-electron chi connectivity index (χ4n) is 2.89. The first-order valence-corrected chi connectivity index (χ1v) is 7.90. The largest absolute Gasteiger partial charge is 0.497 e. The Hall–Kier alpha value is -1.84. The lowest BCUT2D eigenvalue weighted by Crippen LogP contribution is -2.27. The molecule has 1 N–H and O–H groups in total. The minimum atomic E-state index is -0.190. The third-order valence-electron chi connectivity index (χ3n) is 4.43. The van der Waals surface area contributed by atoms with Gasteiger partial charge < -0.3 is 4.74 Å². The van der Waals surface area contributed by atoms with Gasteiger partial charge >= 0.3 is 0 Å². The van der Waals surface area contributed by atoms with Gasteiger partial charge in [0.1, 0.15) is 5.75 Å². The molecule has 0 spiro atoms. The lowest BCUT2D eigenvalue weighted by molar-refractivity contribution is 0.0954. The Morgan fingerprint density at radius 1 is 1.27 bits per heavy atom. The lowest BCUT2D eigenvalue weighted by atomic mass is 9.72. The van der Waals surface area contributed by atoms with E-state index in [2.05, 4.69) is 31.3 Å². The Kier molecular flexibility index (Phi) is 5.22. The molecule has 1 aromatic rings. The number of amides is 1. The first-order valence-electron chi connectivity index (χ1n) is 7.90. The SMILES string of the molecule is COc1cccc(C(=O)NN=C2CCC(C(C)(C)C)CC2)c1. The van der Waals surface area contributed by atoms with Gasteiger partial charge in [0.15, 0.2) is 0 Å². The Bertz CT molecular complexity index is 548. The van der Waals surface area contributed by atoms with Crippen LogP contribution in [0.5, 0.6) is 5.75 Å². The molecule has 0 unspecified atom stereocenters. The van der Waals surface area contributed by atoms with Crippen molar-refractivity contribution in [2.75, 3.05) is 7.11 Å². The summed E-state index contributed by atoms with van der Waals surface area (Å²) in [4.78, 5) is 12.1. The zero-order valence-corrected chi connectivity index (χ0v) is 14.0. The van der Waals surface area contributed by atoms with Crippen molar-refractivity contribution in [1.82, 2.24) is 5.43 Å². The van der Waals surface area contributed by atoms with Gasteiger partial charge in [0.05, 0.1) is 7.11 Å². The van der Waals surface area contributed by atoms with Crippen LogP contribution >= 0.6 is 0 Å². The van der Waals surface area contributed by atoms with Crippen LogP contribution in [-0.2, 0) is 0 Å². The smallest absolute Gasteiger partial charge is 0.271 e. The van der Waals surface area contributed by atoms with E-state index < -0.39 is 0 Å². The summed E-state index contributed by atoms with van der Waals surface area (Å²) in [5.41, 5.74) is 4.68. The summed E-state index contributed by atoms with van der Waals surface area (Å²) < 4.78 is 5.13. The van der Waals surface area contributed by atoms with Crippen LogP contribution in [0.25, 0.3) is 0 Å². The number of carbonyl (C=O) groups excluding carboxylic acids is 1. The number of rotatable bonds is 3. The van der Waals surface area contributed by atoms with E-state index >= 15 is 0 Å². The van der Waals surface area contributed by atoms with Gasteiger partial charge in [0.2, 0.25) is 0 Å². The monoisotopic (exact) mass is 302 g/mol. The van der Waals surface area contributed by atoms with Crippen LogP contribution in [0.15, 0.2) is 29.4 Å². The van der Waals surface area contributed by atoms with Gasteiger partial charge in [-0.3, -0.25) is 4.79 Å². The van der Waals surface area contributed by atoms with E-state index in [0.29, 0.717) is 16.7 Å². The molecule has 0 atom stereocenters. The molecular weight excluding hydrogens is 276 g/mol. The summed E-state index contributed by atoms with van der Waals surface area (Å²) in [6.07, 6.45) is 4.25. The second-order valence-corrected chi connectivity index (χ2v) is 6.99. The van der Waals surface area contributed by atoms with Crippen LogP contribution < -0.4 is 10.2 Å². The minimum absolute atomic E-state index is 0.190. The molecule has 0 saturated heterocycles. The molecule has 1 aliphatic carbocycles. The molecule has 4 nitrogen and oxygen atoms in total. The number of benzene rings is 1. The van der Waals surface area contributed by atoms with Crippen LogP contribution in [0.4, 0.5) is 0 Å². The fraction of sp³-hybridized carbons (Fsp3) is 0.556. The van der Waals surface area contributed by atoms with Crippen LogP contribution in [0.3, 0.4) is 0 Å². The maximum Gasteiger partial charge on any atom is 0.271 e. The van der Waals surface area contributed by atoms with E-state index in [0.717, 1.165) is 37.3 Å². The maximum absolute atomic E-state index is 12.1. The maximum atomic E-state index is 12.1. The Balaban J connectivity index is 1.91. The van der Waals surface area contributed by atoms with Gasteiger partial charge in [-0.2, -0.15) is 5.10 Å². The van der Waals surface area contributed by atoms with Crippen molar-refractivity contribution >= 4 is 11.6 Å². The van der Waals surface area contributed by atoms with Crippen LogP contribution in [-0.4, -0.2) is 18.7 Å². The highest BCUT2D eigenvalue weighted by Gasteiger charge is 2.28. The van der Waals surface area contributed by atoms with Crippen LogP contribution in [0.2, 0.25) is 0 Å². The molecular formula is C18H26N2O2. The highest BCUT2D eigenvalue weighted by Crippen LogP contribution is 2.36. The van der Waals surface area contributed by atoms with E-state index in [9.17, 15) is 4.79 Å². The zero-order chi connectivity index (χ0) is 16.2. The Labute approximate surface area is 132 Å². The second kappa shape index (κ2) is 6.95. The number of nitrogens with zero attached hydrogens (tertiary/aromatic N) is 1. The highest BCUT2D eigenvalue weighted by molar-refractivity contribution is 5.95. The molecule has 120 valence electrons. The zero-order valence-electron chi connectivity index (χ0n) is 14.0. The lowest BCUT2D eigenvalue weighted by Gasteiger charge is -2.34. The minimum Gasteiger partial charge on any atom is -0.497 e. The van der Waals surface area contributed by atoms with Crippen LogP contribution in [0.1, 0.15) is 56.8 Å². The van der Waals surface area contributed by atoms with Gasteiger partial charge in [0, 0.05) is 11.3 Å². The van der Waals surface area contributed by atoms with Crippen molar-refractivity contribution < 1.29 is 9.53 Å².